The summed E-state index contributed by atoms with van der Waals surface area (Å²) in [5.74, 6) is -0.672. The maximum Gasteiger partial charge on any atom is 0.260 e. The van der Waals surface area contributed by atoms with Crippen LogP contribution in [0.4, 0.5) is 4.39 Å². The lowest BCUT2D eigenvalue weighted by atomic mass is 10.1. The lowest BCUT2D eigenvalue weighted by Crippen LogP contribution is -2.28. The van der Waals surface area contributed by atoms with Gasteiger partial charge in [0.1, 0.15) is 5.82 Å². The molecule has 2 aromatic rings. The van der Waals surface area contributed by atoms with Crippen molar-refractivity contribution in [2.75, 3.05) is 13.2 Å². The Morgan fingerprint density at radius 1 is 1.25 bits per heavy atom. The van der Waals surface area contributed by atoms with E-state index in [1.807, 2.05) is 6.07 Å². The SMILES string of the molecule is O=C(CO/N=C\c1cccc(F)c1)NCCc1ccc(Cl)cc1Cl. The molecule has 1 amide bonds. The van der Waals surface area contributed by atoms with Crippen LogP contribution in [-0.2, 0) is 16.1 Å². The standard InChI is InChI=1S/C17H15Cl2FN2O2/c18-14-5-4-13(16(19)9-14)6-7-21-17(23)11-24-22-10-12-2-1-3-15(20)8-12/h1-5,8-10H,6-7,11H2,(H,21,23)/b22-10-. The van der Waals surface area contributed by atoms with Crippen molar-refractivity contribution in [3.05, 3.63) is 69.5 Å². The van der Waals surface area contributed by atoms with Crippen molar-refractivity contribution in [1.82, 2.24) is 5.32 Å². The van der Waals surface area contributed by atoms with Crippen LogP contribution in [0.2, 0.25) is 10.0 Å². The number of oxime groups is 1. The average Bonchev–Trinajstić information content (AvgIpc) is 2.54. The van der Waals surface area contributed by atoms with Gasteiger partial charge in [0.2, 0.25) is 0 Å². The highest BCUT2D eigenvalue weighted by atomic mass is 35.5. The second-order valence-corrected chi connectivity index (χ2v) is 5.74. The van der Waals surface area contributed by atoms with Gasteiger partial charge >= 0.3 is 0 Å². The third-order valence-electron chi connectivity index (χ3n) is 3.05. The molecule has 1 N–H and O–H groups in total. The molecule has 126 valence electrons. The number of nitrogens with zero attached hydrogens (tertiary/aromatic N) is 1. The molecular formula is C17H15Cl2FN2O2. The fraction of sp³-hybridized carbons (Fsp3) is 0.176. The van der Waals surface area contributed by atoms with Crippen LogP contribution < -0.4 is 5.32 Å². The zero-order valence-corrected chi connectivity index (χ0v) is 14.1. The number of carbonyl (C=O) groups is 1. The van der Waals surface area contributed by atoms with Crippen LogP contribution in [0, 0.1) is 5.82 Å². The maximum atomic E-state index is 13.0. The van der Waals surface area contributed by atoms with Crippen LogP contribution in [-0.4, -0.2) is 25.3 Å². The summed E-state index contributed by atoms with van der Waals surface area (Å²) in [7, 11) is 0. The zero-order valence-electron chi connectivity index (χ0n) is 12.6. The molecule has 2 aromatic carbocycles. The normalized spacial score (nSPS) is 10.8. The summed E-state index contributed by atoms with van der Waals surface area (Å²) in [6.45, 7) is 0.192. The average molecular weight is 369 g/mol. The monoisotopic (exact) mass is 368 g/mol. The van der Waals surface area contributed by atoms with Crippen molar-refractivity contribution >= 4 is 35.3 Å². The van der Waals surface area contributed by atoms with Crippen LogP contribution in [0.1, 0.15) is 11.1 Å². The minimum absolute atomic E-state index is 0.222. The van der Waals surface area contributed by atoms with Crippen LogP contribution in [0.5, 0.6) is 0 Å². The van der Waals surface area contributed by atoms with Gasteiger partial charge in [0.15, 0.2) is 6.61 Å². The molecule has 0 radical (unpaired) electrons. The molecule has 0 fully saturated rings. The summed E-state index contributed by atoms with van der Waals surface area (Å²) < 4.78 is 13.0. The van der Waals surface area contributed by atoms with E-state index in [1.165, 1.54) is 18.3 Å². The molecule has 4 nitrogen and oxygen atoms in total. The van der Waals surface area contributed by atoms with Crippen molar-refractivity contribution in [3.63, 3.8) is 0 Å². The molecule has 0 aliphatic rings. The van der Waals surface area contributed by atoms with E-state index in [-0.39, 0.29) is 18.3 Å². The molecule has 7 heteroatoms. The number of halogens is 3. The Morgan fingerprint density at radius 3 is 2.83 bits per heavy atom. The topological polar surface area (TPSA) is 50.7 Å². The first-order valence-corrected chi connectivity index (χ1v) is 7.92. The molecule has 0 saturated heterocycles. The molecule has 0 spiro atoms. The number of nitrogens with one attached hydrogen (secondary N) is 1. The Balaban J connectivity index is 1.68. The van der Waals surface area contributed by atoms with Gasteiger partial charge in [-0.1, -0.05) is 46.6 Å². The number of hydrogen-bond donors (Lipinski definition) is 1. The van der Waals surface area contributed by atoms with Crippen LogP contribution >= 0.6 is 23.2 Å². The predicted octanol–water partition coefficient (Wildman–Crippen LogP) is 3.84. The Bertz CT molecular complexity index is 738. The van der Waals surface area contributed by atoms with Crippen molar-refractivity contribution in [2.24, 2.45) is 5.16 Å². The molecule has 0 aliphatic heterocycles. The number of carbonyl (C=O) groups excluding carboxylic acids is 1. The van der Waals surface area contributed by atoms with E-state index in [4.69, 9.17) is 28.0 Å². The Kier molecular flexibility index (Phi) is 7.03. The fourth-order valence-electron chi connectivity index (χ4n) is 1.89. The third kappa shape index (κ3) is 6.18. The van der Waals surface area contributed by atoms with Crippen LogP contribution in [0.25, 0.3) is 0 Å². The maximum absolute atomic E-state index is 13.0. The number of rotatable bonds is 7. The summed E-state index contributed by atoms with van der Waals surface area (Å²) >= 11 is 11.9. The second kappa shape index (κ2) is 9.25. The summed E-state index contributed by atoms with van der Waals surface area (Å²) in [6.07, 6.45) is 1.91. The first-order valence-electron chi connectivity index (χ1n) is 7.16. The van der Waals surface area contributed by atoms with Gasteiger partial charge in [-0.15, -0.1) is 0 Å². The molecule has 0 bridgehead atoms. The quantitative estimate of drug-likeness (QED) is 0.596. The molecule has 0 atom stereocenters. The largest absolute Gasteiger partial charge is 0.386 e. The molecule has 0 aromatic heterocycles. The smallest absolute Gasteiger partial charge is 0.260 e. The number of hydrogen-bond acceptors (Lipinski definition) is 3. The van der Waals surface area contributed by atoms with E-state index in [0.717, 1.165) is 5.56 Å². The second-order valence-electron chi connectivity index (χ2n) is 4.90. The van der Waals surface area contributed by atoms with E-state index in [0.29, 0.717) is 28.6 Å². The minimum atomic E-state index is -0.363. The molecule has 0 aliphatic carbocycles. The molecule has 0 unspecified atom stereocenters. The van der Waals surface area contributed by atoms with Gasteiger partial charge < -0.3 is 10.2 Å². The number of amides is 1. The zero-order chi connectivity index (χ0) is 17.4. The lowest BCUT2D eigenvalue weighted by molar-refractivity contribution is -0.125. The van der Waals surface area contributed by atoms with E-state index < -0.39 is 0 Å². The molecule has 0 heterocycles. The van der Waals surface area contributed by atoms with Gasteiger partial charge in [0.05, 0.1) is 6.21 Å². The van der Waals surface area contributed by atoms with Gasteiger partial charge in [-0.3, -0.25) is 4.79 Å². The molecule has 0 saturated carbocycles. The van der Waals surface area contributed by atoms with Crippen molar-refractivity contribution in [2.45, 2.75) is 6.42 Å². The van der Waals surface area contributed by atoms with Crippen LogP contribution in [0.15, 0.2) is 47.6 Å². The first kappa shape index (κ1) is 18.2. The summed E-state index contributed by atoms with van der Waals surface area (Å²) in [6, 6.07) is 11.1. The fourth-order valence-corrected chi connectivity index (χ4v) is 2.40. The van der Waals surface area contributed by atoms with E-state index in [2.05, 4.69) is 10.5 Å². The van der Waals surface area contributed by atoms with Gasteiger partial charge in [-0.2, -0.15) is 0 Å². The first-order chi connectivity index (χ1) is 11.5. The van der Waals surface area contributed by atoms with Gasteiger partial charge in [0, 0.05) is 16.6 Å². The Morgan fingerprint density at radius 2 is 2.08 bits per heavy atom. The van der Waals surface area contributed by atoms with Crippen molar-refractivity contribution in [1.29, 1.82) is 0 Å². The van der Waals surface area contributed by atoms with E-state index >= 15 is 0 Å². The van der Waals surface area contributed by atoms with Gasteiger partial charge in [-0.25, -0.2) is 4.39 Å². The third-order valence-corrected chi connectivity index (χ3v) is 3.64. The lowest BCUT2D eigenvalue weighted by Gasteiger charge is -2.06. The van der Waals surface area contributed by atoms with Crippen LogP contribution in [0.3, 0.4) is 0 Å². The summed E-state index contributed by atoms with van der Waals surface area (Å²) in [5.41, 5.74) is 1.44. The number of benzene rings is 2. The molecule has 24 heavy (non-hydrogen) atoms. The van der Waals surface area contributed by atoms with Gasteiger partial charge in [-0.05, 0) is 41.8 Å². The predicted molar refractivity (Wildman–Crippen MR) is 93.1 cm³/mol. The highest BCUT2D eigenvalue weighted by Crippen LogP contribution is 2.20. The van der Waals surface area contributed by atoms with E-state index in [9.17, 15) is 9.18 Å². The van der Waals surface area contributed by atoms with Gasteiger partial charge in [0.25, 0.3) is 5.91 Å². The highest BCUT2D eigenvalue weighted by molar-refractivity contribution is 6.35. The summed E-state index contributed by atoms with van der Waals surface area (Å²) in [5, 5.41) is 7.45. The van der Waals surface area contributed by atoms with Crippen molar-refractivity contribution in [3.8, 4) is 0 Å². The van der Waals surface area contributed by atoms with Crippen molar-refractivity contribution < 1.29 is 14.0 Å². The summed E-state index contributed by atoms with van der Waals surface area (Å²) in [4.78, 5) is 16.5. The Hall–Kier alpha value is -2.11. The minimum Gasteiger partial charge on any atom is -0.386 e. The molecular weight excluding hydrogens is 354 g/mol. The van der Waals surface area contributed by atoms with E-state index in [1.54, 1.807) is 24.3 Å². The molecule has 2 rings (SSSR count). The highest BCUT2D eigenvalue weighted by Gasteiger charge is 2.04. The Labute approximate surface area is 149 Å².